The lowest BCUT2D eigenvalue weighted by Gasteiger charge is -2.08. The van der Waals surface area contributed by atoms with Crippen LogP contribution in [-0.4, -0.2) is 17.8 Å². The number of hydrogen-bond acceptors (Lipinski definition) is 1. The molecule has 94 valence electrons. The highest BCUT2D eigenvalue weighted by atomic mass is 35.5. The van der Waals surface area contributed by atoms with Crippen molar-refractivity contribution in [3.05, 3.63) is 35.9 Å². The van der Waals surface area contributed by atoms with E-state index in [1.807, 2.05) is 30.3 Å². The van der Waals surface area contributed by atoms with Crippen molar-refractivity contribution >= 4 is 17.5 Å². The predicted octanol–water partition coefficient (Wildman–Crippen LogP) is 3.14. The summed E-state index contributed by atoms with van der Waals surface area (Å²) in [6.45, 7) is 2.73. The summed E-state index contributed by atoms with van der Waals surface area (Å²) in [6.07, 6.45) is 3.13. The quantitative estimate of drug-likeness (QED) is 0.744. The number of halogens is 1. The van der Waals surface area contributed by atoms with E-state index in [0.29, 0.717) is 13.0 Å². The van der Waals surface area contributed by atoms with Crippen LogP contribution in [0.3, 0.4) is 0 Å². The molecule has 1 unspecified atom stereocenters. The van der Waals surface area contributed by atoms with E-state index in [1.165, 1.54) is 5.56 Å². The van der Waals surface area contributed by atoms with E-state index in [1.54, 1.807) is 0 Å². The minimum absolute atomic E-state index is 0.105. The fraction of sp³-hybridized carbons (Fsp3) is 0.500. The van der Waals surface area contributed by atoms with Crippen LogP contribution in [0.4, 0.5) is 0 Å². The van der Waals surface area contributed by atoms with Gasteiger partial charge in [0.25, 0.3) is 0 Å². The molecule has 0 bridgehead atoms. The highest BCUT2D eigenvalue weighted by molar-refractivity contribution is 6.20. The molecule has 0 heterocycles. The van der Waals surface area contributed by atoms with Crippen molar-refractivity contribution in [2.45, 2.75) is 38.0 Å². The second-order valence-electron chi connectivity index (χ2n) is 4.13. The largest absolute Gasteiger partial charge is 0.356 e. The van der Waals surface area contributed by atoms with Crippen LogP contribution in [0.1, 0.15) is 31.7 Å². The van der Waals surface area contributed by atoms with Crippen LogP contribution in [-0.2, 0) is 11.2 Å². The zero-order valence-corrected chi connectivity index (χ0v) is 11.0. The van der Waals surface area contributed by atoms with Gasteiger partial charge in [0.05, 0.1) is 0 Å². The van der Waals surface area contributed by atoms with Crippen molar-refractivity contribution in [1.82, 2.24) is 5.32 Å². The topological polar surface area (TPSA) is 29.1 Å². The molecule has 0 aliphatic rings. The summed E-state index contributed by atoms with van der Waals surface area (Å²) >= 11 is 5.97. The Balaban J connectivity index is 2.13. The molecule has 3 heteroatoms. The first-order valence-electron chi connectivity index (χ1n) is 6.17. The second-order valence-corrected chi connectivity index (χ2v) is 4.75. The SMILES string of the molecule is CCC(Cl)CCNC(=O)CCc1ccccc1. The Morgan fingerprint density at radius 3 is 2.71 bits per heavy atom. The van der Waals surface area contributed by atoms with Crippen molar-refractivity contribution in [2.75, 3.05) is 6.54 Å². The number of alkyl halides is 1. The second kappa shape index (κ2) is 8.13. The molecule has 17 heavy (non-hydrogen) atoms. The molecule has 0 saturated carbocycles. The molecule has 0 fully saturated rings. The average molecular weight is 254 g/mol. The van der Waals surface area contributed by atoms with Gasteiger partial charge in [0, 0.05) is 18.3 Å². The molecular weight excluding hydrogens is 234 g/mol. The average Bonchev–Trinajstić information content (AvgIpc) is 2.37. The van der Waals surface area contributed by atoms with Crippen LogP contribution in [0.2, 0.25) is 0 Å². The van der Waals surface area contributed by atoms with Gasteiger partial charge in [-0.2, -0.15) is 0 Å². The number of rotatable bonds is 7. The molecule has 0 aliphatic heterocycles. The number of benzene rings is 1. The van der Waals surface area contributed by atoms with Gasteiger partial charge in [-0.1, -0.05) is 37.3 Å². The van der Waals surface area contributed by atoms with Crippen LogP contribution in [0.5, 0.6) is 0 Å². The minimum atomic E-state index is 0.105. The Bertz CT molecular complexity index is 326. The lowest BCUT2D eigenvalue weighted by Crippen LogP contribution is -2.26. The summed E-state index contributed by atoms with van der Waals surface area (Å²) < 4.78 is 0. The molecule has 0 aliphatic carbocycles. The van der Waals surface area contributed by atoms with E-state index >= 15 is 0 Å². The van der Waals surface area contributed by atoms with E-state index in [-0.39, 0.29) is 11.3 Å². The third-order valence-corrected chi connectivity index (χ3v) is 3.23. The van der Waals surface area contributed by atoms with Gasteiger partial charge in [-0.25, -0.2) is 0 Å². The number of nitrogens with one attached hydrogen (secondary N) is 1. The summed E-state index contributed by atoms with van der Waals surface area (Å²) in [5, 5.41) is 3.07. The zero-order valence-electron chi connectivity index (χ0n) is 10.3. The third-order valence-electron chi connectivity index (χ3n) is 2.71. The van der Waals surface area contributed by atoms with Gasteiger partial charge in [-0.05, 0) is 24.8 Å². The minimum Gasteiger partial charge on any atom is -0.356 e. The van der Waals surface area contributed by atoms with E-state index in [4.69, 9.17) is 11.6 Å². The highest BCUT2D eigenvalue weighted by Crippen LogP contribution is 2.05. The molecule has 1 aromatic carbocycles. The molecular formula is C14H20ClNO. The summed E-state index contributed by atoms with van der Waals surface area (Å²) in [7, 11) is 0. The van der Waals surface area contributed by atoms with Crippen LogP contribution in [0.25, 0.3) is 0 Å². The normalized spacial score (nSPS) is 12.1. The standard InChI is InChI=1S/C14H20ClNO/c1-2-13(15)10-11-16-14(17)9-8-12-6-4-3-5-7-12/h3-7,13H,2,8-11H2,1H3,(H,16,17). The molecule has 1 aromatic rings. The van der Waals surface area contributed by atoms with Crippen molar-refractivity contribution < 1.29 is 4.79 Å². The maximum atomic E-state index is 11.5. The first-order chi connectivity index (χ1) is 8.22. The van der Waals surface area contributed by atoms with Gasteiger partial charge in [0.1, 0.15) is 0 Å². The van der Waals surface area contributed by atoms with Crippen LogP contribution < -0.4 is 5.32 Å². The van der Waals surface area contributed by atoms with Gasteiger partial charge in [-0.15, -0.1) is 11.6 Å². The van der Waals surface area contributed by atoms with Crippen LogP contribution in [0, 0.1) is 0 Å². The summed E-state index contributed by atoms with van der Waals surface area (Å²) in [5.41, 5.74) is 1.20. The highest BCUT2D eigenvalue weighted by Gasteiger charge is 2.04. The first kappa shape index (κ1) is 14.0. The molecule has 1 N–H and O–H groups in total. The van der Waals surface area contributed by atoms with E-state index < -0.39 is 0 Å². The summed E-state index contributed by atoms with van der Waals surface area (Å²) in [4.78, 5) is 11.5. The maximum Gasteiger partial charge on any atom is 0.220 e. The van der Waals surface area contributed by atoms with E-state index in [9.17, 15) is 4.79 Å². The molecule has 0 saturated heterocycles. The maximum absolute atomic E-state index is 11.5. The number of aryl methyl sites for hydroxylation is 1. The molecule has 0 radical (unpaired) electrons. The van der Waals surface area contributed by atoms with Crippen LogP contribution >= 0.6 is 11.6 Å². The van der Waals surface area contributed by atoms with Crippen molar-refractivity contribution in [3.8, 4) is 0 Å². The van der Waals surface area contributed by atoms with Crippen molar-refractivity contribution in [2.24, 2.45) is 0 Å². The van der Waals surface area contributed by atoms with Crippen molar-refractivity contribution in [1.29, 1.82) is 0 Å². The van der Waals surface area contributed by atoms with Crippen molar-refractivity contribution in [3.63, 3.8) is 0 Å². The Morgan fingerprint density at radius 1 is 1.35 bits per heavy atom. The molecule has 1 rings (SSSR count). The number of hydrogen-bond donors (Lipinski definition) is 1. The fourth-order valence-corrected chi connectivity index (χ4v) is 1.67. The number of carbonyl (C=O) groups excluding carboxylic acids is 1. The van der Waals surface area contributed by atoms with Gasteiger partial charge in [0.2, 0.25) is 5.91 Å². The molecule has 2 nitrogen and oxygen atoms in total. The monoisotopic (exact) mass is 253 g/mol. The Labute approximate surface area is 108 Å². The molecule has 0 aromatic heterocycles. The van der Waals surface area contributed by atoms with E-state index in [2.05, 4.69) is 12.2 Å². The number of amides is 1. The first-order valence-corrected chi connectivity index (χ1v) is 6.60. The summed E-state index contributed by atoms with van der Waals surface area (Å²) in [6, 6.07) is 10.0. The van der Waals surface area contributed by atoms with Gasteiger partial charge < -0.3 is 5.32 Å². The van der Waals surface area contributed by atoms with Gasteiger partial charge in [0.15, 0.2) is 0 Å². The van der Waals surface area contributed by atoms with Gasteiger partial charge in [-0.3, -0.25) is 4.79 Å². The third kappa shape index (κ3) is 6.32. The predicted molar refractivity (Wildman–Crippen MR) is 72.3 cm³/mol. The summed E-state index contributed by atoms with van der Waals surface area (Å²) in [5.74, 6) is 0.105. The molecule has 1 amide bonds. The lowest BCUT2D eigenvalue weighted by molar-refractivity contribution is -0.121. The molecule has 1 atom stereocenters. The molecule has 0 spiro atoms. The van der Waals surface area contributed by atoms with Crippen LogP contribution in [0.15, 0.2) is 30.3 Å². The Kier molecular flexibility index (Phi) is 6.71. The number of carbonyl (C=O) groups is 1. The smallest absolute Gasteiger partial charge is 0.220 e. The van der Waals surface area contributed by atoms with E-state index in [0.717, 1.165) is 19.3 Å². The Hall–Kier alpha value is -1.02. The van der Waals surface area contributed by atoms with Gasteiger partial charge >= 0.3 is 0 Å². The zero-order chi connectivity index (χ0) is 12.5. The fourth-order valence-electron chi connectivity index (χ4n) is 1.56. The Morgan fingerprint density at radius 2 is 2.06 bits per heavy atom. The lowest BCUT2D eigenvalue weighted by atomic mass is 10.1.